The minimum atomic E-state index is -0.791. The van der Waals surface area contributed by atoms with Crippen LogP contribution in [0.1, 0.15) is 80.5 Å². The van der Waals surface area contributed by atoms with Gasteiger partial charge in [-0.05, 0) is 62.2 Å². The molecule has 1 unspecified atom stereocenters. The fraction of sp³-hybridized carbons (Fsp3) is 0.366. The number of carbonyl (C=O) groups excluding carboxylic acids is 5. The second kappa shape index (κ2) is 15.3. The maximum absolute atomic E-state index is 15.8. The first-order valence-electron chi connectivity index (χ1n) is 18.8. The Balaban J connectivity index is 0.831. The van der Waals surface area contributed by atoms with Gasteiger partial charge < -0.3 is 24.8 Å². The number of hydrogen-bond donors (Lipinski definition) is 3. The van der Waals surface area contributed by atoms with E-state index < -0.39 is 29.8 Å². The van der Waals surface area contributed by atoms with Crippen LogP contribution in [0.3, 0.4) is 0 Å². The SMILES string of the molecule is CO[C@@H](C(=O)N1Cc2[nH]nc(NC(=O)c3ccc(N4CCC(N(C)Cc5ccc6c(c5F)CN(C5CCC(=O)NC5=O)C6=O)CC4)cc3)c2C1)c1ccccc1. The molecule has 4 aliphatic heterocycles. The maximum Gasteiger partial charge on any atom is 0.256 e. The Hall–Kier alpha value is -5.93. The minimum absolute atomic E-state index is 0.000213. The van der Waals surface area contributed by atoms with Crippen molar-refractivity contribution in [2.75, 3.05) is 37.5 Å². The smallest absolute Gasteiger partial charge is 0.256 e. The number of benzene rings is 3. The summed E-state index contributed by atoms with van der Waals surface area (Å²) < 4.78 is 21.4. The maximum atomic E-state index is 15.8. The molecule has 1 aromatic heterocycles. The third-order valence-corrected chi connectivity index (χ3v) is 11.5. The van der Waals surface area contributed by atoms with Gasteiger partial charge in [0.15, 0.2) is 11.9 Å². The highest BCUT2D eigenvalue weighted by Crippen LogP contribution is 2.33. The second-order valence-electron chi connectivity index (χ2n) is 14.8. The molecule has 5 amide bonds. The van der Waals surface area contributed by atoms with E-state index in [1.807, 2.05) is 49.5 Å². The van der Waals surface area contributed by atoms with Gasteiger partial charge in [0.2, 0.25) is 11.8 Å². The number of methoxy groups -OCH3 is 1. The first-order chi connectivity index (χ1) is 27.1. The summed E-state index contributed by atoms with van der Waals surface area (Å²) in [4.78, 5) is 71.2. The van der Waals surface area contributed by atoms with Crippen LogP contribution in [0.4, 0.5) is 15.9 Å². The number of imide groups is 1. The summed E-state index contributed by atoms with van der Waals surface area (Å²) in [6, 6.07) is 19.5. The van der Waals surface area contributed by atoms with E-state index in [1.54, 1.807) is 29.2 Å². The van der Waals surface area contributed by atoms with Gasteiger partial charge in [-0.3, -0.25) is 39.3 Å². The molecule has 2 atom stereocenters. The van der Waals surface area contributed by atoms with Gasteiger partial charge in [-0.1, -0.05) is 36.4 Å². The lowest BCUT2D eigenvalue weighted by Crippen LogP contribution is -2.52. The van der Waals surface area contributed by atoms with Crippen molar-refractivity contribution in [3.05, 3.63) is 112 Å². The molecule has 14 nitrogen and oxygen atoms in total. The molecule has 0 aliphatic carbocycles. The molecule has 3 aromatic carbocycles. The van der Waals surface area contributed by atoms with E-state index in [0.717, 1.165) is 48.4 Å². The van der Waals surface area contributed by atoms with Crippen LogP contribution in [0, 0.1) is 5.82 Å². The molecule has 0 radical (unpaired) electrons. The van der Waals surface area contributed by atoms with Crippen molar-refractivity contribution in [2.24, 2.45) is 0 Å². The van der Waals surface area contributed by atoms with Crippen LogP contribution in [-0.2, 0) is 45.3 Å². The predicted octanol–water partition coefficient (Wildman–Crippen LogP) is 3.89. The molecule has 0 saturated carbocycles. The number of ether oxygens (including phenoxy) is 1. The summed E-state index contributed by atoms with van der Waals surface area (Å²) in [5.74, 6) is -1.78. The molecule has 3 N–H and O–H groups in total. The normalized spacial score (nSPS) is 19.0. The van der Waals surface area contributed by atoms with Crippen LogP contribution in [-0.4, -0.2) is 93.8 Å². The molecule has 4 aliphatic rings. The highest BCUT2D eigenvalue weighted by molar-refractivity contribution is 6.06. The number of carbonyl (C=O) groups is 5. The van der Waals surface area contributed by atoms with E-state index in [-0.39, 0.29) is 48.7 Å². The number of H-pyrrole nitrogens is 1. The van der Waals surface area contributed by atoms with Crippen LogP contribution in [0.15, 0.2) is 66.7 Å². The molecule has 290 valence electrons. The van der Waals surface area contributed by atoms with E-state index in [1.165, 1.54) is 12.0 Å². The quantitative estimate of drug-likeness (QED) is 0.204. The summed E-state index contributed by atoms with van der Waals surface area (Å²) in [6.45, 7) is 2.57. The Labute approximate surface area is 323 Å². The van der Waals surface area contributed by atoms with Gasteiger partial charge in [0.1, 0.15) is 11.9 Å². The zero-order valence-electron chi connectivity index (χ0n) is 31.2. The lowest BCUT2D eigenvalue weighted by molar-refractivity contribution is -0.143. The zero-order valence-corrected chi connectivity index (χ0v) is 31.2. The molecule has 0 spiro atoms. The van der Waals surface area contributed by atoms with Crippen LogP contribution in [0.25, 0.3) is 0 Å². The molecule has 8 rings (SSSR count). The minimum Gasteiger partial charge on any atom is -0.371 e. The number of nitrogens with one attached hydrogen (secondary N) is 3. The molecule has 2 fully saturated rings. The monoisotopic (exact) mass is 762 g/mol. The average Bonchev–Trinajstić information content (AvgIpc) is 3.90. The summed E-state index contributed by atoms with van der Waals surface area (Å²) in [5.41, 5.74) is 4.84. The van der Waals surface area contributed by atoms with Crippen molar-refractivity contribution in [3.8, 4) is 0 Å². The van der Waals surface area contributed by atoms with Gasteiger partial charge in [0.05, 0.1) is 25.3 Å². The van der Waals surface area contributed by atoms with Gasteiger partial charge in [-0.15, -0.1) is 0 Å². The Kier molecular flexibility index (Phi) is 10.1. The molecule has 15 heteroatoms. The molecule has 56 heavy (non-hydrogen) atoms. The van der Waals surface area contributed by atoms with Gasteiger partial charge in [0, 0.05) is 72.7 Å². The number of fused-ring (bicyclic) bond motifs is 2. The largest absolute Gasteiger partial charge is 0.371 e. The number of rotatable bonds is 10. The third kappa shape index (κ3) is 7.03. The van der Waals surface area contributed by atoms with Crippen molar-refractivity contribution in [2.45, 2.75) is 70.0 Å². The van der Waals surface area contributed by atoms with Crippen LogP contribution in [0.5, 0.6) is 0 Å². The molecular weight excluding hydrogens is 719 g/mol. The standard InChI is InChI=1S/C41H43FN8O6/c1-47(20-26-10-13-29-30(35(26)42)22-50(40(29)54)33-14-15-34(51)43-39(33)53)27-16-18-48(19-17-27)28-11-8-25(9-12-28)38(52)44-37-31-21-49(23-32(31)45-46-37)41(55)36(56-2)24-6-4-3-5-7-24/h3-13,27,33,36H,14-23H2,1-2H3,(H,43,51,53)(H2,44,45,46,52)/t33?,36-/m1/s1. The predicted molar refractivity (Wildman–Crippen MR) is 203 cm³/mol. The molecule has 2 saturated heterocycles. The van der Waals surface area contributed by atoms with Crippen molar-refractivity contribution in [3.63, 3.8) is 0 Å². The van der Waals surface area contributed by atoms with E-state index in [9.17, 15) is 24.0 Å². The lowest BCUT2D eigenvalue weighted by Gasteiger charge is -2.38. The highest BCUT2D eigenvalue weighted by atomic mass is 19.1. The van der Waals surface area contributed by atoms with E-state index in [0.29, 0.717) is 42.1 Å². The van der Waals surface area contributed by atoms with Gasteiger partial charge in [0.25, 0.3) is 17.7 Å². The first-order valence-corrected chi connectivity index (χ1v) is 18.8. The highest BCUT2D eigenvalue weighted by Gasteiger charge is 2.41. The van der Waals surface area contributed by atoms with Crippen LogP contribution >= 0.6 is 0 Å². The van der Waals surface area contributed by atoms with Gasteiger partial charge in [-0.25, -0.2) is 4.39 Å². The third-order valence-electron chi connectivity index (χ3n) is 11.5. The summed E-state index contributed by atoms with van der Waals surface area (Å²) in [6.07, 6.45) is 1.35. The number of piperidine rings is 2. The number of nitrogens with zero attached hydrogens (tertiary/aromatic N) is 5. The van der Waals surface area contributed by atoms with Crippen molar-refractivity contribution < 1.29 is 33.1 Å². The second-order valence-corrected chi connectivity index (χ2v) is 14.8. The zero-order chi connectivity index (χ0) is 39.1. The van der Waals surface area contributed by atoms with E-state index >= 15 is 4.39 Å². The Bertz CT molecular complexity index is 2190. The fourth-order valence-corrected chi connectivity index (χ4v) is 8.31. The van der Waals surface area contributed by atoms with Gasteiger partial charge >= 0.3 is 0 Å². The van der Waals surface area contributed by atoms with Crippen molar-refractivity contribution in [1.82, 2.24) is 30.2 Å². The van der Waals surface area contributed by atoms with Crippen molar-refractivity contribution in [1.29, 1.82) is 0 Å². The number of aromatic nitrogens is 2. The van der Waals surface area contributed by atoms with Gasteiger partial charge in [-0.2, -0.15) is 5.10 Å². The molecule has 5 heterocycles. The molecular formula is C41H43FN8O6. The molecule has 4 aromatic rings. The summed E-state index contributed by atoms with van der Waals surface area (Å²) in [5, 5.41) is 12.5. The fourth-order valence-electron chi connectivity index (χ4n) is 8.31. The van der Waals surface area contributed by atoms with Crippen LogP contribution in [0.2, 0.25) is 0 Å². The number of halogens is 1. The summed E-state index contributed by atoms with van der Waals surface area (Å²) in [7, 11) is 3.49. The number of anilines is 2. The Morgan fingerprint density at radius 1 is 0.964 bits per heavy atom. The number of aromatic amines is 1. The van der Waals surface area contributed by atoms with Crippen molar-refractivity contribution >= 4 is 41.0 Å². The van der Waals surface area contributed by atoms with Crippen LogP contribution < -0.4 is 15.5 Å². The topological polar surface area (TPSA) is 160 Å². The number of amides is 5. The van der Waals surface area contributed by atoms with E-state index in [2.05, 4.69) is 30.6 Å². The summed E-state index contributed by atoms with van der Waals surface area (Å²) >= 11 is 0. The lowest BCUT2D eigenvalue weighted by atomic mass is 10.0. The first kappa shape index (κ1) is 37.0. The molecule has 0 bridgehead atoms. The average molecular weight is 763 g/mol. The number of hydrogen-bond acceptors (Lipinski definition) is 9. The Morgan fingerprint density at radius 3 is 2.43 bits per heavy atom. The Morgan fingerprint density at radius 2 is 1.71 bits per heavy atom. The van der Waals surface area contributed by atoms with E-state index in [4.69, 9.17) is 4.74 Å².